The monoisotopic (exact) mass is 338 g/mol. The zero-order valence-corrected chi connectivity index (χ0v) is 12.3. The van der Waals surface area contributed by atoms with Crippen LogP contribution < -0.4 is 10.1 Å². The molecule has 3 rings (SSSR count). The Morgan fingerprint density at radius 3 is 2.48 bits per heavy atom. The molecule has 0 radical (unpaired) electrons. The highest BCUT2D eigenvalue weighted by atomic mass is 35.5. The van der Waals surface area contributed by atoms with Crippen LogP contribution in [0.25, 0.3) is 10.8 Å². The minimum absolute atomic E-state index is 0.510. The molecule has 3 nitrogen and oxygen atoms in total. The molecule has 0 aliphatic carbocycles. The first-order valence-electron chi connectivity index (χ1n) is 6.58. The number of rotatable bonds is 3. The molecule has 0 amide bonds. The van der Waals surface area contributed by atoms with Gasteiger partial charge in [0.15, 0.2) is 0 Å². The molecule has 0 fully saturated rings. The predicted octanol–water partition coefficient (Wildman–Crippen LogP) is 5.53. The van der Waals surface area contributed by atoms with Crippen molar-refractivity contribution in [2.45, 2.75) is 6.36 Å². The van der Waals surface area contributed by atoms with Gasteiger partial charge < -0.3 is 10.1 Å². The molecule has 0 bridgehead atoms. The Kier molecular flexibility index (Phi) is 4.00. The summed E-state index contributed by atoms with van der Waals surface area (Å²) < 4.78 is 40.0. The standard InChI is InChI=1S/C16H10ClF3N2O/c17-14-3-1-2-10-4-5-11(8-13(10)14)22-12-6-7-15(21-9-12)23-16(18,19)20/h1-9,22H. The molecule has 2 aromatic carbocycles. The number of fused-ring (bicyclic) bond motifs is 1. The van der Waals surface area contributed by atoms with Crippen LogP contribution in [-0.4, -0.2) is 11.3 Å². The molecule has 23 heavy (non-hydrogen) atoms. The molecule has 0 saturated heterocycles. The first kappa shape index (κ1) is 15.4. The van der Waals surface area contributed by atoms with Crippen molar-refractivity contribution in [3.8, 4) is 5.88 Å². The van der Waals surface area contributed by atoms with E-state index in [0.29, 0.717) is 10.7 Å². The Bertz CT molecular complexity index is 835. The van der Waals surface area contributed by atoms with Crippen LogP contribution in [0.2, 0.25) is 5.02 Å². The third kappa shape index (κ3) is 3.84. The third-order valence-corrected chi connectivity index (χ3v) is 3.40. The summed E-state index contributed by atoms with van der Waals surface area (Å²) in [4.78, 5) is 3.61. The number of alkyl halides is 3. The predicted molar refractivity (Wildman–Crippen MR) is 83.2 cm³/mol. The van der Waals surface area contributed by atoms with Gasteiger partial charge in [0.25, 0.3) is 0 Å². The second kappa shape index (κ2) is 5.96. The van der Waals surface area contributed by atoms with Crippen LogP contribution in [0.1, 0.15) is 0 Å². The summed E-state index contributed by atoms with van der Waals surface area (Å²) in [5.41, 5.74) is 1.28. The van der Waals surface area contributed by atoms with Crippen LogP contribution in [-0.2, 0) is 0 Å². The van der Waals surface area contributed by atoms with E-state index in [1.165, 1.54) is 12.3 Å². The van der Waals surface area contributed by atoms with Crippen LogP contribution in [0.5, 0.6) is 5.88 Å². The molecular formula is C16H10ClF3N2O. The normalized spacial score (nSPS) is 11.5. The maximum atomic E-state index is 12.1. The first-order valence-corrected chi connectivity index (χ1v) is 6.96. The van der Waals surface area contributed by atoms with E-state index in [-0.39, 0.29) is 0 Å². The smallest absolute Gasteiger partial charge is 0.388 e. The van der Waals surface area contributed by atoms with E-state index in [2.05, 4.69) is 15.0 Å². The van der Waals surface area contributed by atoms with Crippen molar-refractivity contribution in [3.63, 3.8) is 0 Å². The molecule has 0 atom stereocenters. The molecule has 7 heteroatoms. The highest BCUT2D eigenvalue weighted by Crippen LogP contribution is 2.28. The summed E-state index contributed by atoms with van der Waals surface area (Å²) in [5, 5.41) is 5.55. The zero-order chi connectivity index (χ0) is 16.4. The van der Waals surface area contributed by atoms with Crippen molar-refractivity contribution < 1.29 is 17.9 Å². The van der Waals surface area contributed by atoms with Crippen molar-refractivity contribution in [2.75, 3.05) is 5.32 Å². The Hall–Kier alpha value is -2.47. The highest BCUT2D eigenvalue weighted by molar-refractivity contribution is 6.35. The minimum atomic E-state index is -4.75. The number of hydrogen-bond donors (Lipinski definition) is 1. The second-order valence-electron chi connectivity index (χ2n) is 4.73. The molecule has 3 aromatic rings. The zero-order valence-electron chi connectivity index (χ0n) is 11.6. The summed E-state index contributed by atoms with van der Waals surface area (Å²) in [6.07, 6.45) is -3.49. The molecule has 0 unspecified atom stereocenters. The lowest BCUT2D eigenvalue weighted by Crippen LogP contribution is -2.17. The highest BCUT2D eigenvalue weighted by Gasteiger charge is 2.31. The Morgan fingerprint density at radius 1 is 1.00 bits per heavy atom. The fraction of sp³-hybridized carbons (Fsp3) is 0.0625. The lowest BCUT2D eigenvalue weighted by Gasteiger charge is -2.10. The van der Waals surface area contributed by atoms with Crippen molar-refractivity contribution in [1.82, 2.24) is 4.98 Å². The maximum Gasteiger partial charge on any atom is 0.574 e. The van der Waals surface area contributed by atoms with Gasteiger partial charge in [-0.05, 0) is 29.7 Å². The lowest BCUT2D eigenvalue weighted by atomic mass is 10.1. The lowest BCUT2D eigenvalue weighted by molar-refractivity contribution is -0.276. The fourth-order valence-corrected chi connectivity index (χ4v) is 2.35. The van der Waals surface area contributed by atoms with Gasteiger partial charge in [-0.2, -0.15) is 0 Å². The van der Waals surface area contributed by atoms with Gasteiger partial charge in [-0.1, -0.05) is 29.8 Å². The number of aromatic nitrogens is 1. The SMILES string of the molecule is FC(F)(F)Oc1ccc(Nc2ccc3cccc(Cl)c3c2)cn1. The number of hydrogen-bond acceptors (Lipinski definition) is 3. The maximum absolute atomic E-state index is 12.1. The number of anilines is 2. The van der Waals surface area contributed by atoms with E-state index in [1.807, 2.05) is 30.3 Å². The minimum Gasteiger partial charge on any atom is -0.388 e. The number of nitrogens with one attached hydrogen (secondary N) is 1. The number of benzene rings is 2. The Labute approximate surface area is 134 Å². The Morgan fingerprint density at radius 2 is 1.78 bits per heavy atom. The second-order valence-corrected chi connectivity index (χ2v) is 5.14. The first-order chi connectivity index (χ1) is 10.9. The van der Waals surface area contributed by atoms with E-state index >= 15 is 0 Å². The number of nitrogens with zero attached hydrogens (tertiary/aromatic N) is 1. The molecule has 0 saturated carbocycles. The number of halogens is 4. The van der Waals surface area contributed by atoms with Gasteiger partial charge in [-0.15, -0.1) is 13.2 Å². The molecule has 1 aromatic heterocycles. The topological polar surface area (TPSA) is 34.1 Å². The van der Waals surface area contributed by atoms with Crippen LogP contribution in [0.4, 0.5) is 24.5 Å². The molecular weight excluding hydrogens is 329 g/mol. The van der Waals surface area contributed by atoms with Crippen molar-refractivity contribution in [2.24, 2.45) is 0 Å². The van der Waals surface area contributed by atoms with Crippen molar-refractivity contribution >= 4 is 33.7 Å². The van der Waals surface area contributed by atoms with E-state index in [4.69, 9.17) is 11.6 Å². The van der Waals surface area contributed by atoms with E-state index in [0.717, 1.165) is 22.5 Å². The molecule has 118 valence electrons. The van der Waals surface area contributed by atoms with Crippen LogP contribution in [0.15, 0.2) is 54.7 Å². The van der Waals surface area contributed by atoms with Crippen molar-refractivity contribution in [3.05, 3.63) is 59.8 Å². The van der Waals surface area contributed by atoms with Gasteiger partial charge in [-0.25, -0.2) is 4.98 Å². The van der Waals surface area contributed by atoms with E-state index in [1.54, 1.807) is 6.07 Å². The van der Waals surface area contributed by atoms with Gasteiger partial charge >= 0.3 is 6.36 Å². The molecule has 1 heterocycles. The average Bonchev–Trinajstić information content (AvgIpc) is 2.49. The van der Waals surface area contributed by atoms with Crippen LogP contribution >= 0.6 is 11.6 Å². The number of ether oxygens (including phenoxy) is 1. The fourth-order valence-electron chi connectivity index (χ4n) is 2.11. The molecule has 0 spiro atoms. The largest absolute Gasteiger partial charge is 0.574 e. The van der Waals surface area contributed by atoms with Gasteiger partial charge in [0.2, 0.25) is 5.88 Å². The van der Waals surface area contributed by atoms with E-state index in [9.17, 15) is 13.2 Å². The van der Waals surface area contributed by atoms with Crippen LogP contribution in [0.3, 0.4) is 0 Å². The number of pyridine rings is 1. The van der Waals surface area contributed by atoms with Gasteiger partial charge in [0.1, 0.15) is 0 Å². The summed E-state index contributed by atoms with van der Waals surface area (Å²) in [6, 6.07) is 13.8. The average molecular weight is 339 g/mol. The Balaban J connectivity index is 1.80. The summed E-state index contributed by atoms with van der Waals surface area (Å²) in [7, 11) is 0. The van der Waals surface area contributed by atoms with Crippen LogP contribution in [0, 0.1) is 0 Å². The van der Waals surface area contributed by atoms with Gasteiger partial charge in [0, 0.05) is 22.2 Å². The van der Waals surface area contributed by atoms with Crippen molar-refractivity contribution in [1.29, 1.82) is 0 Å². The molecule has 1 N–H and O–H groups in total. The van der Waals surface area contributed by atoms with Gasteiger partial charge in [-0.3, -0.25) is 0 Å². The quantitative estimate of drug-likeness (QED) is 0.681. The molecule has 0 aliphatic rings. The molecule has 0 aliphatic heterocycles. The van der Waals surface area contributed by atoms with E-state index < -0.39 is 12.2 Å². The summed E-state index contributed by atoms with van der Waals surface area (Å²) in [6.45, 7) is 0. The third-order valence-electron chi connectivity index (χ3n) is 3.07. The van der Waals surface area contributed by atoms with Gasteiger partial charge in [0.05, 0.1) is 11.9 Å². The summed E-state index contributed by atoms with van der Waals surface area (Å²) in [5.74, 6) is -0.510. The summed E-state index contributed by atoms with van der Waals surface area (Å²) >= 11 is 6.15.